The molecule has 0 saturated carbocycles. The minimum absolute atomic E-state index is 0.0892. The lowest BCUT2D eigenvalue weighted by Gasteiger charge is -2.04. The van der Waals surface area contributed by atoms with Gasteiger partial charge in [-0.1, -0.05) is 6.07 Å². The number of hydrogen-bond donors (Lipinski definition) is 1. The molecule has 0 unspecified atom stereocenters. The van der Waals surface area contributed by atoms with Crippen molar-refractivity contribution in [1.82, 2.24) is 4.98 Å². The van der Waals surface area contributed by atoms with E-state index in [9.17, 15) is 8.42 Å². The summed E-state index contributed by atoms with van der Waals surface area (Å²) in [6.07, 6.45) is 1.57. The molecule has 0 aliphatic carbocycles. The number of rotatable bonds is 1. The van der Waals surface area contributed by atoms with E-state index in [2.05, 4.69) is 4.98 Å². The van der Waals surface area contributed by atoms with Crippen molar-refractivity contribution < 1.29 is 13.0 Å². The van der Waals surface area contributed by atoms with Crippen LogP contribution in [0.25, 0.3) is 10.9 Å². The Morgan fingerprint density at radius 2 is 2.07 bits per heavy atom. The Morgan fingerprint density at radius 3 is 2.73 bits per heavy atom. The van der Waals surface area contributed by atoms with Crippen LogP contribution in [0.2, 0.25) is 0 Å². The molecule has 0 bridgehead atoms. The fraction of sp³-hybridized carbons (Fsp3) is 0.100. The number of nitrogens with zero attached hydrogens (tertiary/aromatic N) is 1. The minimum Gasteiger partial charge on any atom is -0.282 e. The SMILES string of the molecule is Cc1cc2cccnc2cc1S(=O)(=O)O. The van der Waals surface area contributed by atoms with Crippen molar-refractivity contribution in [1.29, 1.82) is 0 Å². The first kappa shape index (κ1) is 10.1. The quantitative estimate of drug-likeness (QED) is 0.748. The number of hydrogen-bond acceptors (Lipinski definition) is 3. The molecule has 0 amide bonds. The Kier molecular flexibility index (Phi) is 2.21. The highest BCUT2D eigenvalue weighted by molar-refractivity contribution is 7.85. The third-order valence-electron chi connectivity index (χ3n) is 2.18. The first-order valence-corrected chi connectivity index (χ1v) is 5.75. The summed E-state index contributed by atoms with van der Waals surface area (Å²) in [7, 11) is -4.16. The maximum atomic E-state index is 11.0. The highest BCUT2D eigenvalue weighted by atomic mass is 32.2. The Labute approximate surface area is 87.3 Å². The number of fused-ring (bicyclic) bond motifs is 1. The molecular weight excluding hydrogens is 214 g/mol. The van der Waals surface area contributed by atoms with Gasteiger partial charge < -0.3 is 0 Å². The summed E-state index contributed by atoms with van der Waals surface area (Å²) in [5.41, 5.74) is 1.06. The molecule has 2 rings (SSSR count). The van der Waals surface area contributed by atoms with E-state index in [1.54, 1.807) is 25.3 Å². The fourth-order valence-corrected chi connectivity index (χ4v) is 2.22. The van der Waals surface area contributed by atoms with E-state index in [0.29, 0.717) is 11.1 Å². The molecule has 15 heavy (non-hydrogen) atoms. The van der Waals surface area contributed by atoms with E-state index in [1.165, 1.54) is 6.07 Å². The largest absolute Gasteiger partial charge is 0.294 e. The van der Waals surface area contributed by atoms with Gasteiger partial charge >= 0.3 is 0 Å². The lowest BCUT2D eigenvalue weighted by molar-refractivity contribution is 0.482. The average Bonchev–Trinajstić information content (AvgIpc) is 2.15. The summed E-state index contributed by atoms with van der Waals surface area (Å²) in [4.78, 5) is 3.93. The van der Waals surface area contributed by atoms with Crippen LogP contribution in [0.5, 0.6) is 0 Å². The van der Waals surface area contributed by atoms with E-state index in [1.807, 2.05) is 6.07 Å². The van der Waals surface area contributed by atoms with Crippen molar-refractivity contribution in [3.63, 3.8) is 0 Å². The van der Waals surface area contributed by atoms with Gasteiger partial charge in [0.1, 0.15) is 0 Å². The molecule has 0 atom stereocenters. The van der Waals surface area contributed by atoms with Gasteiger partial charge in [0.05, 0.1) is 10.4 Å². The van der Waals surface area contributed by atoms with Crippen LogP contribution in [0.4, 0.5) is 0 Å². The standard InChI is InChI=1S/C10H9NO3S/c1-7-5-8-3-2-4-11-9(8)6-10(7)15(12,13)14/h2-6H,1H3,(H,12,13,14). The van der Waals surface area contributed by atoms with Crippen molar-refractivity contribution in [2.45, 2.75) is 11.8 Å². The van der Waals surface area contributed by atoms with Gasteiger partial charge in [0.15, 0.2) is 0 Å². The number of pyridine rings is 1. The molecule has 4 nitrogen and oxygen atoms in total. The van der Waals surface area contributed by atoms with Crippen LogP contribution < -0.4 is 0 Å². The lowest BCUT2D eigenvalue weighted by Crippen LogP contribution is -2.01. The fourth-order valence-electron chi connectivity index (χ4n) is 1.49. The summed E-state index contributed by atoms with van der Waals surface area (Å²) < 4.78 is 31.0. The van der Waals surface area contributed by atoms with Gasteiger partial charge in [-0.2, -0.15) is 8.42 Å². The lowest BCUT2D eigenvalue weighted by atomic mass is 10.1. The van der Waals surface area contributed by atoms with Crippen LogP contribution in [0.3, 0.4) is 0 Å². The van der Waals surface area contributed by atoms with Gasteiger partial charge in [0, 0.05) is 11.6 Å². The Bertz CT molecular complexity index is 620. The molecule has 0 aliphatic heterocycles. The molecule has 1 aromatic heterocycles. The highest BCUT2D eigenvalue weighted by Crippen LogP contribution is 2.21. The molecular formula is C10H9NO3S. The van der Waals surface area contributed by atoms with Crippen molar-refractivity contribution in [2.75, 3.05) is 0 Å². The molecule has 5 heteroatoms. The Morgan fingerprint density at radius 1 is 1.33 bits per heavy atom. The van der Waals surface area contributed by atoms with Crippen molar-refractivity contribution in [3.05, 3.63) is 36.0 Å². The van der Waals surface area contributed by atoms with Gasteiger partial charge in [-0.25, -0.2) is 0 Å². The van der Waals surface area contributed by atoms with E-state index in [0.717, 1.165) is 5.39 Å². The van der Waals surface area contributed by atoms with Gasteiger partial charge in [-0.05, 0) is 30.7 Å². The monoisotopic (exact) mass is 223 g/mol. The Balaban J connectivity index is 2.84. The molecule has 2 aromatic rings. The van der Waals surface area contributed by atoms with E-state index >= 15 is 0 Å². The molecule has 1 N–H and O–H groups in total. The second-order valence-electron chi connectivity index (χ2n) is 3.29. The second kappa shape index (κ2) is 3.29. The van der Waals surface area contributed by atoms with Crippen molar-refractivity contribution >= 4 is 21.0 Å². The number of aryl methyl sites for hydroxylation is 1. The van der Waals surface area contributed by atoms with Crippen LogP contribution in [0.1, 0.15) is 5.56 Å². The third kappa shape index (κ3) is 1.84. The number of aromatic nitrogens is 1. The van der Waals surface area contributed by atoms with E-state index < -0.39 is 10.1 Å². The van der Waals surface area contributed by atoms with E-state index in [4.69, 9.17) is 4.55 Å². The molecule has 1 heterocycles. The highest BCUT2D eigenvalue weighted by Gasteiger charge is 2.13. The van der Waals surface area contributed by atoms with E-state index in [-0.39, 0.29) is 4.90 Å². The predicted molar refractivity (Wildman–Crippen MR) is 56.3 cm³/mol. The first-order chi connectivity index (χ1) is 6.98. The maximum absolute atomic E-state index is 11.0. The number of benzene rings is 1. The molecule has 0 spiro atoms. The summed E-state index contributed by atoms with van der Waals surface area (Å²) in [5.74, 6) is 0. The zero-order chi connectivity index (χ0) is 11.1. The van der Waals surface area contributed by atoms with Crippen LogP contribution in [0.15, 0.2) is 35.4 Å². The Hall–Kier alpha value is -1.46. The minimum atomic E-state index is -4.16. The maximum Gasteiger partial charge on any atom is 0.294 e. The van der Waals surface area contributed by atoms with Crippen LogP contribution >= 0.6 is 0 Å². The van der Waals surface area contributed by atoms with Crippen LogP contribution in [-0.2, 0) is 10.1 Å². The zero-order valence-electron chi connectivity index (χ0n) is 8.01. The summed E-state index contributed by atoms with van der Waals surface area (Å²) in [6, 6.07) is 6.67. The molecule has 1 aromatic carbocycles. The van der Waals surface area contributed by atoms with Crippen molar-refractivity contribution in [2.24, 2.45) is 0 Å². The average molecular weight is 223 g/mol. The molecule has 0 radical (unpaired) electrons. The van der Waals surface area contributed by atoms with Crippen molar-refractivity contribution in [3.8, 4) is 0 Å². The second-order valence-corrected chi connectivity index (χ2v) is 4.68. The van der Waals surface area contributed by atoms with Crippen LogP contribution in [-0.4, -0.2) is 18.0 Å². The summed E-state index contributed by atoms with van der Waals surface area (Å²) in [6.45, 7) is 1.63. The molecule has 0 aliphatic rings. The van der Waals surface area contributed by atoms with Gasteiger partial charge in [0.25, 0.3) is 10.1 Å². The molecule has 0 fully saturated rings. The normalized spacial score (nSPS) is 11.9. The van der Waals surface area contributed by atoms with Gasteiger partial charge in [-0.15, -0.1) is 0 Å². The third-order valence-corrected chi connectivity index (χ3v) is 3.17. The van der Waals surface area contributed by atoms with Gasteiger partial charge in [-0.3, -0.25) is 9.54 Å². The smallest absolute Gasteiger partial charge is 0.282 e. The molecule has 78 valence electrons. The molecule has 0 saturated heterocycles. The first-order valence-electron chi connectivity index (χ1n) is 4.31. The van der Waals surface area contributed by atoms with Crippen LogP contribution in [0, 0.1) is 6.92 Å². The zero-order valence-corrected chi connectivity index (χ0v) is 8.82. The summed E-state index contributed by atoms with van der Waals surface area (Å²) >= 11 is 0. The predicted octanol–water partition coefficient (Wildman–Crippen LogP) is 1.79. The van der Waals surface area contributed by atoms with Gasteiger partial charge in [0.2, 0.25) is 0 Å². The topological polar surface area (TPSA) is 67.3 Å². The summed E-state index contributed by atoms with van der Waals surface area (Å²) in [5, 5.41) is 0.849.